The van der Waals surface area contributed by atoms with Crippen molar-refractivity contribution < 1.29 is 27.7 Å². The van der Waals surface area contributed by atoms with Crippen LogP contribution in [0.3, 0.4) is 0 Å². The molecule has 0 saturated heterocycles. The second-order valence-corrected chi connectivity index (χ2v) is 13.3. The van der Waals surface area contributed by atoms with Gasteiger partial charge in [-0.25, -0.2) is 8.42 Å². The first-order chi connectivity index (χ1) is 20.1. The number of halogens is 1. The number of anilines is 1. The summed E-state index contributed by atoms with van der Waals surface area (Å²) in [6.45, 7) is 4.65. The van der Waals surface area contributed by atoms with Crippen molar-refractivity contribution in [2.45, 2.75) is 45.3 Å². The molecular formula is C30H35ClN4O7S. The first-order valence-electron chi connectivity index (χ1n) is 13.3. The minimum Gasteiger partial charge on any atom is -0.495 e. The van der Waals surface area contributed by atoms with Crippen molar-refractivity contribution in [1.29, 1.82) is 0 Å². The zero-order valence-corrected chi connectivity index (χ0v) is 26.2. The zero-order valence-electron chi connectivity index (χ0n) is 24.6. The van der Waals surface area contributed by atoms with Gasteiger partial charge in [-0.2, -0.15) is 0 Å². The number of hydrogen-bond acceptors (Lipinski definition) is 7. The van der Waals surface area contributed by atoms with E-state index in [2.05, 4.69) is 5.32 Å². The maximum absolute atomic E-state index is 14.2. The van der Waals surface area contributed by atoms with Crippen LogP contribution in [0.15, 0.2) is 72.8 Å². The van der Waals surface area contributed by atoms with Crippen molar-refractivity contribution in [3.8, 4) is 5.75 Å². The van der Waals surface area contributed by atoms with Crippen LogP contribution >= 0.6 is 11.6 Å². The third-order valence-corrected chi connectivity index (χ3v) is 7.74. The number of sulfonamides is 1. The Hall–Kier alpha value is -4.16. The molecule has 0 spiro atoms. The fraction of sp³-hybridized carbons (Fsp3) is 0.333. The lowest BCUT2D eigenvalue weighted by atomic mass is 10.0. The van der Waals surface area contributed by atoms with Crippen LogP contribution in [0.4, 0.5) is 11.4 Å². The lowest BCUT2D eigenvalue weighted by Gasteiger charge is -2.35. The van der Waals surface area contributed by atoms with Crippen LogP contribution in [-0.2, 0) is 32.6 Å². The minimum atomic E-state index is -4.17. The topological polar surface area (TPSA) is 139 Å². The molecular weight excluding hydrogens is 596 g/mol. The van der Waals surface area contributed by atoms with Gasteiger partial charge < -0.3 is 15.0 Å². The third-order valence-electron chi connectivity index (χ3n) is 6.36. The first-order valence-corrected chi connectivity index (χ1v) is 15.5. The molecule has 230 valence electrons. The maximum Gasteiger partial charge on any atom is 0.271 e. The molecule has 0 fully saturated rings. The Morgan fingerprint density at radius 1 is 1.02 bits per heavy atom. The zero-order chi connectivity index (χ0) is 31.9. The average Bonchev–Trinajstić information content (AvgIpc) is 2.93. The summed E-state index contributed by atoms with van der Waals surface area (Å²) in [7, 11) is -2.88. The number of nitro groups is 1. The van der Waals surface area contributed by atoms with Gasteiger partial charge in [0, 0.05) is 35.7 Å². The molecule has 0 aromatic heterocycles. The molecule has 13 heteroatoms. The maximum atomic E-state index is 14.2. The predicted octanol–water partition coefficient (Wildman–Crippen LogP) is 4.58. The van der Waals surface area contributed by atoms with E-state index in [-0.39, 0.29) is 30.1 Å². The number of ether oxygens (including phenoxy) is 1. The Morgan fingerprint density at radius 2 is 1.65 bits per heavy atom. The number of benzene rings is 3. The number of hydrogen-bond donors (Lipinski definition) is 1. The van der Waals surface area contributed by atoms with Gasteiger partial charge in [-0.15, -0.1) is 0 Å². The van der Waals surface area contributed by atoms with Crippen molar-refractivity contribution in [3.63, 3.8) is 0 Å². The van der Waals surface area contributed by atoms with Gasteiger partial charge in [-0.05, 0) is 50.1 Å². The highest BCUT2D eigenvalue weighted by atomic mass is 35.5. The smallest absolute Gasteiger partial charge is 0.271 e. The van der Waals surface area contributed by atoms with Crippen LogP contribution in [0.2, 0.25) is 5.02 Å². The van der Waals surface area contributed by atoms with Crippen molar-refractivity contribution in [1.82, 2.24) is 10.2 Å². The van der Waals surface area contributed by atoms with E-state index in [1.54, 1.807) is 24.3 Å². The Kier molecular flexibility index (Phi) is 10.8. The molecule has 2 amide bonds. The molecule has 0 saturated carbocycles. The van der Waals surface area contributed by atoms with E-state index in [1.165, 1.54) is 24.1 Å². The standard InChI is InChI=1S/C30H35ClN4O7S/c1-30(2,3)32-29(37)26(17-21-9-7-6-8-10-21)33(19-22-11-13-23(31)14-12-22)28(36)20-34(43(5,40)41)25-18-24(35(38)39)15-16-27(25)42-4/h6-16,18,26H,17,19-20H2,1-5H3,(H,32,37). The van der Waals surface area contributed by atoms with Crippen LogP contribution in [0.25, 0.3) is 0 Å². The number of carbonyl (C=O) groups excluding carboxylic acids is 2. The Labute approximate surface area is 256 Å². The number of nitrogens with zero attached hydrogens (tertiary/aromatic N) is 3. The Balaban J connectivity index is 2.14. The van der Waals surface area contributed by atoms with Gasteiger partial charge in [-0.3, -0.25) is 24.0 Å². The summed E-state index contributed by atoms with van der Waals surface area (Å²) in [6.07, 6.45) is 1.02. The lowest BCUT2D eigenvalue weighted by Crippen LogP contribution is -2.56. The highest BCUT2D eigenvalue weighted by Gasteiger charge is 2.35. The summed E-state index contributed by atoms with van der Waals surface area (Å²) >= 11 is 6.08. The molecule has 1 atom stereocenters. The van der Waals surface area contributed by atoms with E-state index in [4.69, 9.17) is 16.3 Å². The Bertz CT molecular complexity index is 1560. The van der Waals surface area contributed by atoms with Crippen molar-refractivity contribution in [2.75, 3.05) is 24.2 Å². The fourth-order valence-electron chi connectivity index (χ4n) is 4.37. The second-order valence-electron chi connectivity index (χ2n) is 11.0. The van der Waals surface area contributed by atoms with Gasteiger partial charge in [0.25, 0.3) is 5.69 Å². The molecule has 1 N–H and O–H groups in total. The predicted molar refractivity (Wildman–Crippen MR) is 166 cm³/mol. The molecule has 0 bridgehead atoms. The summed E-state index contributed by atoms with van der Waals surface area (Å²) in [6, 6.07) is 18.3. The molecule has 11 nitrogen and oxygen atoms in total. The van der Waals surface area contributed by atoms with Gasteiger partial charge in [0.2, 0.25) is 21.8 Å². The third kappa shape index (κ3) is 9.42. The molecule has 0 aliphatic rings. The molecule has 0 aliphatic carbocycles. The van der Waals surface area contributed by atoms with E-state index in [9.17, 15) is 28.1 Å². The van der Waals surface area contributed by atoms with Crippen LogP contribution in [-0.4, -0.2) is 61.5 Å². The number of nitro benzene ring substituents is 1. The van der Waals surface area contributed by atoms with Crippen LogP contribution in [0, 0.1) is 10.1 Å². The number of nitrogens with one attached hydrogen (secondary N) is 1. The monoisotopic (exact) mass is 630 g/mol. The Morgan fingerprint density at radius 3 is 2.19 bits per heavy atom. The van der Waals surface area contributed by atoms with Crippen molar-refractivity contribution >= 4 is 44.8 Å². The summed E-state index contributed by atoms with van der Waals surface area (Å²) in [5, 5.41) is 14.9. The summed E-state index contributed by atoms with van der Waals surface area (Å²) in [4.78, 5) is 40.1. The first kappa shape index (κ1) is 33.3. The quantitative estimate of drug-likeness (QED) is 0.228. The van der Waals surface area contributed by atoms with Crippen LogP contribution in [0.5, 0.6) is 5.75 Å². The summed E-state index contributed by atoms with van der Waals surface area (Å²) < 4.78 is 32.1. The van der Waals surface area contributed by atoms with Crippen LogP contribution in [0.1, 0.15) is 31.9 Å². The summed E-state index contributed by atoms with van der Waals surface area (Å²) in [5.41, 5.74) is 0.235. The molecule has 0 heterocycles. The average molecular weight is 631 g/mol. The number of amides is 2. The van der Waals surface area contributed by atoms with Crippen LogP contribution < -0.4 is 14.4 Å². The van der Waals surface area contributed by atoms with Crippen molar-refractivity contribution in [3.05, 3.63) is 99.1 Å². The van der Waals surface area contributed by atoms with Gasteiger partial charge in [0.1, 0.15) is 24.0 Å². The van der Waals surface area contributed by atoms with Gasteiger partial charge >= 0.3 is 0 Å². The molecule has 3 aromatic carbocycles. The van der Waals surface area contributed by atoms with Crippen molar-refractivity contribution in [2.24, 2.45) is 0 Å². The van der Waals surface area contributed by atoms with E-state index >= 15 is 0 Å². The number of methoxy groups -OCH3 is 1. The largest absolute Gasteiger partial charge is 0.495 e. The molecule has 3 aromatic rings. The number of rotatable bonds is 12. The molecule has 3 rings (SSSR count). The van der Waals surface area contributed by atoms with E-state index in [0.717, 1.165) is 22.2 Å². The van der Waals surface area contributed by atoms with E-state index in [1.807, 2.05) is 51.1 Å². The van der Waals surface area contributed by atoms with Gasteiger partial charge in [0.15, 0.2) is 0 Å². The number of non-ortho nitro benzene ring substituents is 1. The highest BCUT2D eigenvalue weighted by molar-refractivity contribution is 7.92. The number of carbonyl (C=O) groups is 2. The molecule has 0 radical (unpaired) electrons. The highest BCUT2D eigenvalue weighted by Crippen LogP contribution is 2.34. The second kappa shape index (κ2) is 13.9. The SMILES string of the molecule is COc1ccc([N+](=O)[O-])cc1N(CC(=O)N(Cc1ccc(Cl)cc1)C(Cc1ccccc1)C(=O)NC(C)(C)C)S(C)(=O)=O. The van der Waals surface area contributed by atoms with Gasteiger partial charge in [-0.1, -0.05) is 54.1 Å². The molecule has 43 heavy (non-hydrogen) atoms. The normalized spacial score (nSPS) is 12.2. The molecule has 0 aliphatic heterocycles. The lowest BCUT2D eigenvalue weighted by molar-refractivity contribution is -0.384. The van der Waals surface area contributed by atoms with E-state index < -0.39 is 44.9 Å². The fourth-order valence-corrected chi connectivity index (χ4v) is 5.35. The molecule has 1 unspecified atom stereocenters. The van der Waals surface area contributed by atoms with E-state index in [0.29, 0.717) is 10.6 Å². The minimum absolute atomic E-state index is 0.0133. The summed E-state index contributed by atoms with van der Waals surface area (Å²) in [5.74, 6) is -1.13. The van der Waals surface area contributed by atoms with Gasteiger partial charge in [0.05, 0.1) is 18.3 Å².